The van der Waals surface area contributed by atoms with E-state index in [1.165, 1.54) is 42.4 Å². The predicted octanol–water partition coefficient (Wildman–Crippen LogP) is 4.86. The molecule has 0 saturated heterocycles. The quantitative estimate of drug-likeness (QED) is 0.638. The Bertz CT molecular complexity index is 865. The van der Waals surface area contributed by atoms with Crippen molar-refractivity contribution in [3.63, 3.8) is 0 Å². The van der Waals surface area contributed by atoms with E-state index in [0.717, 1.165) is 51.9 Å². The van der Waals surface area contributed by atoms with Crippen LogP contribution in [0.5, 0.6) is 0 Å². The molecule has 2 aromatic rings. The van der Waals surface area contributed by atoms with Crippen molar-refractivity contribution in [2.24, 2.45) is 17.8 Å². The fraction of sp³-hybridized carbons (Fsp3) is 0.571. The van der Waals surface area contributed by atoms with Crippen molar-refractivity contribution in [3.05, 3.63) is 34.9 Å². The van der Waals surface area contributed by atoms with Gasteiger partial charge in [-0.3, -0.25) is 4.79 Å². The normalized spacial score (nSPS) is 29.9. The molecule has 0 radical (unpaired) electrons. The molecule has 1 amide bonds. The Balaban J connectivity index is 1.39. The summed E-state index contributed by atoms with van der Waals surface area (Å²) in [7, 11) is 0. The van der Waals surface area contributed by atoms with Gasteiger partial charge in [0.2, 0.25) is 11.0 Å². The van der Waals surface area contributed by atoms with Gasteiger partial charge in [0, 0.05) is 17.1 Å². The zero-order valence-corrected chi connectivity index (χ0v) is 18.6. The van der Waals surface area contributed by atoms with Crippen molar-refractivity contribution in [2.75, 3.05) is 11.5 Å². The molecule has 154 valence electrons. The number of thioether (sulfide) groups is 1. The molecule has 4 aliphatic carbocycles. The van der Waals surface area contributed by atoms with Gasteiger partial charge in [-0.15, -0.1) is 10.2 Å². The van der Waals surface area contributed by atoms with Gasteiger partial charge in [0.25, 0.3) is 0 Å². The van der Waals surface area contributed by atoms with Crippen LogP contribution < -0.4 is 5.73 Å². The molecule has 1 heterocycles. The van der Waals surface area contributed by atoms with Crippen LogP contribution >= 0.6 is 34.7 Å². The molecule has 5 nitrogen and oxygen atoms in total. The number of benzene rings is 1. The van der Waals surface area contributed by atoms with Crippen molar-refractivity contribution in [1.82, 2.24) is 15.1 Å². The lowest BCUT2D eigenvalue weighted by molar-refractivity contribution is -0.149. The first kappa shape index (κ1) is 19.6. The zero-order chi connectivity index (χ0) is 20.0. The van der Waals surface area contributed by atoms with E-state index >= 15 is 0 Å². The topological polar surface area (TPSA) is 72.1 Å². The second-order valence-corrected chi connectivity index (χ2v) is 11.6. The van der Waals surface area contributed by atoms with E-state index in [2.05, 4.69) is 15.1 Å². The Labute approximate surface area is 184 Å². The summed E-state index contributed by atoms with van der Waals surface area (Å²) in [5.74, 6) is 2.94. The lowest BCUT2D eigenvalue weighted by Gasteiger charge is -2.60. The second-order valence-electron chi connectivity index (χ2n) is 8.94. The van der Waals surface area contributed by atoms with Gasteiger partial charge < -0.3 is 10.6 Å². The Morgan fingerprint density at radius 2 is 1.76 bits per heavy atom. The van der Waals surface area contributed by atoms with Crippen LogP contribution in [-0.4, -0.2) is 32.3 Å². The van der Waals surface area contributed by atoms with E-state index in [9.17, 15) is 4.79 Å². The Hall–Kier alpha value is -1.31. The van der Waals surface area contributed by atoms with Gasteiger partial charge in [0.05, 0.1) is 5.75 Å². The summed E-state index contributed by atoms with van der Waals surface area (Å²) in [6, 6.07) is 7.92. The average molecular weight is 449 g/mol. The van der Waals surface area contributed by atoms with Crippen molar-refractivity contribution in [3.8, 4) is 0 Å². The maximum absolute atomic E-state index is 13.5. The number of rotatable bonds is 6. The average Bonchev–Trinajstić information content (AvgIpc) is 3.10. The fourth-order valence-corrected chi connectivity index (χ4v) is 7.81. The zero-order valence-electron chi connectivity index (χ0n) is 16.2. The minimum Gasteiger partial charge on any atom is -0.374 e. The molecule has 4 saturated carbocycles. The number of nitrogens with two attached hydrogens (primary N) is 1. The van der Waals surface area contributed by atoms with E-state index in [0.29, 0.717) is 17.4 Å². The first-order valence-corrected chi connectivity index (χ1v) is 12.4. The SMILES string of the molecule is Nc1nnc(SCC(=O)N(Cc2ccc(Cl)cc2)C23CC4CC(CC(C4)C2)C3)s1. The predicted molar refractivity (Wildman–Crippen MR) is 118 cm³/mol. The second kappa shape index (κ2) is 7.75. The van der Waals surface area contributed by atoms with Crippen molar-refractivity contribution < 1.29 is 4.79 Å². The van der Waals surface area contributed by atoms with Crippen molar-refractivity contribution >= 4 is 45.7 Å². The molecule has 4 bridgehead atoms. The molecular weight excluding hydrogens is 424 g/mol. The highest BCUT2D eigenvalue weighted by Crippen LogP contribution is 2.58. The largest absolute Gasteiger partial charge is 0.374 e. The van der Waals surface area contributed by atoms with Gasteiger partial charge in [0.1, 0.15) is 0 Å². The minimum absolute atomic E-state index is 0.0200. The standard InChI is InChI=1S/C21H25ClN4OS2/c22-17-3-1-13(2-4-17)11-26(18(27)12-28-20-25-24-19(23)29-20)21-8-14-5-15(9-21)7-16(6-14)10-21/h1-4,14-16H,5-12H2,(H2,23,24). The summed E-state index contributed by atoms with van der Waals surface area (Å²) >= 11 is 8.87. The Morgan fingerprint density at radius 3 is 2.31 bits per heavy atom. The molecule has 8 heteroatoms. The summed E-state index contributed by atoms with van der Waals surface area (Å²) in [6.07, 6.45) is 7.57. The summed E-state index contributed by atoms with van der Waals surface area (Å²) in [5.41, 5.74) is 6.85. The lowest BCUT2D eigenvalue weighted by Crippen LogP contribution is -2.61. The molecule has 1 aromatic carbocycles. The summed E-state index contributed by atoms with van der Waals surface area (Å²) in [6.45, 7) is 0.654. The number of nitrogens with zero attached hydrogens (tertiary/aromatic N) is 3. The van der Waals surface area contributed by atoms with Gasteiger partial charge in [-0.05, 0) is 74.0 Å². The number of amides is 1. The molecule has 0 atom stereocenters. The maximum atomic E-state index is 13.5. The van der Waals surface area contributed by atoms with Gasteiger partial charge in [-0.2, -0.15) is 0 Å². The highest BCUT2D eigenvalue weighted by atomic mass is 35.5. The molecule has 29 heavy (non-hydrogen) atoms. The third-order valence-electron chi connectivity index (χ3n) is 6.87. The van der Waals surface area contributed by atoms with Gasteiger partial charge in [0.15, 0.2) is 4.34 Å². The highest BCUT2D eigenvalue weighted by molar-refractivity contribution is 8.01. The Morgan fingerprint density at radius 1 is 1.14 bits per heavy atom. The third-order valence-corrected chi connectivity index (χ3v) is 9.00. The molecule has 0 unspecified atom stereocenters. The molecule has 0 aliphatic heterocycles. The van der Waals surface area contributed by atoms with Gasteiger partial charge in [-0.1, -0.05) is 46.8 Å². The Kier molecular flexibility index (Phi) is 5.25. The maximum Gasteiger partial charge on any atom is 0.233 e. The van der Waals surface area contributed by atoms with Crippen LogP contribution in [0.2, 0.25) is 5.02 Å². The summed E-state index contributed by atoms with van der Waals surface area (Å²) < 4.78 is 0.757. The van der Waals surface area contributed by atoms with Crippen LogP contribution in [0.25, 0.3) is 0 Å². The molecule has 4 fully saturated rings. The molecule has 0 spiro atoms. The number of anilines is 1. The molecular formula is C21H25ClN4OS2. The number of hydrogen-bond acceptors (Lipinski definition) is 6. The monoisotopic (exact) mass is 448 g/mol. The number of nitrogen functional groups attached to an aromatic ring is 1. The molecule has 2 N–H and O–H groups in total. The molecule has 6 rings (SSSR count). The summed E-state index contributed by atoms with van der Waals surface area (Å²) in [4.78, 5) is 15.7. The smallest absolute Gasteiger partial charge is 0.233 e. The molecule has 1 aromatic heterocycles. The highest BCUT2D eigenvalue weighted by Gasteiger charge is 2.54. The van der Waals surface area contributed by atoms with Gasteiger partial charge >= 0.3 is 0 Å². The number of hydrogen-bond donors (Lipinski definition) is 1. The van der Waals surface area contributed by atoms with E-state index in [4.69, 9.17) is 17.3 Å². The summed E-state index contributed by atoms with van der Waals surface area (Å²) in [5, 5.41) is 9.08. The van der Waals surface area contributed by atoms with Crippen LogP contribution in [0.1, 0.15) is 44.1 Å². The van der Waals surface area contributed by atoms with E-state index in [1.807, 2.05) is 24.3 Å². The molecule has 4 aliphatic rings. The number of carbonyl (C=O) groups is 1. The fourth-order valence-electron chi connectivity index (χ4n) is 6.17. The first-order valence-electron chi connectivity index (χ1n) is 10.3. The van der Waals surface area contributed by atoms with E-state index in [1.54, 1.807) is 0 Å². The van der Waals surface area contributed by atoms with Crippen LogP contribution in [0.15, 0.2) is 28.6 Å². The van der Waals surface area contributed by atoms with Crippen LogP contribution in [0, 0.1) is 17.8 Å². The van der Waals surface area contributed by atoms with Crippen LogP contribution in [-0.2, 0) is 11.3 Å². The van der Waals surface area contributed by atoms with Crippen LogP contribution in [0.4, 0.5) is 5.13 Å². The van der Waals surface area contributed by atoms with Crippen molar-refractivity contribution in [2.45, 2.75) is 54.9 Å². The number of aromatic nitrogens is 2. The number of halogens is 1. The van der Waals surface area contributed by atoms with Gasteiger partial charge in [-0.25, -0.2) is 0 Å². The van der Waals surface area contributed by atoms with E-state index in [-0.39, 0.29) is 11.4 Å². The number of carbonyl (C=O) groups excluding carboxylic acids is 1. The first-order chi connectivity index (χ1) is 14.0. The third kappa shape index (κ3) is 4.01. The minimum atomic E-state index is 0.0200. The lowest BCUT2D eigenvalue weighted by atomic mass is 9.52. The van der Waals surface area contributed by atoms with E-state index < -0.39 is 0 Å². The van der Waals surface area contributed by atoms with Crippen LogP contribution in [0.3, 0.4) is 0 Å². The van der Waals surface area contributed by atoms with Crippen molar-refractivity contribution in [1.29, 1.82) is 0 Å².